The Morgan fingerprint density at radius 1 is 1.30 bits per heavy atom. The highest BCUT2D eigenvalue weighted by Crippen LogP contribution is 2.30. The van der Waals surface area contributed by atoms with E-state index in [4.69, 9.17) is 9.15 Å². The summed E-state index contributed by atoms with van der Waals surface area (Å²) >= 11 is 1.49. The number of amides is 1. The van der Waals surface area contributed by atoms with Crippen molar-refractivity contribution in [3.63, 3.8) is 0 Å². The van der Waals surface area contributed by atoms with Crippen LogP contribution < -0.4 is 15.7 Å². The van der Waals surface area contributed by atoms with E-state index in [1.54, 1.807) is 24.3 Å². The summed E-state index contributed by atoms with van der Waals surface area (Å²) in [4.78, 5) is 30.6. The van der Waals surface area contributed by atoms with Crippen LogP contribution in [0.3, 0.4) is 0 Å². The molecule has 0 spiro atoms. The average molecular weight is 384 g/mol. The van der Waals surface area contributed by atoms with Gasteiger partial charge in [0.1, 0.15) is 16.9 Å². The number of benzene rings is 1. The number of rotatable bonds is 5. The number of fused-ring (bicyclic) bond motifs is 2. The highest BCUT2D eigenvalue weighted by Gasteiger charge is 2.19. The van der Waals surface area contributed by atoms with Gasteiger partial charge < -0.3 is 9.15 Å². The maximum Gasteiger partial charge on any atom is 0.349 e. The van der Waals surface area contributed by atoms with Gasteiger partial charge in [0.05, 0.1) is 12.3 Å². The molecule has 0 saturated heterocycles. The van der Waals surface area contributed by atoms with Crippen LogP contribution in [0.4, 0.5) is 5.13 Å². The molecule has 140 valence electrons. The largest absolute Gasteiger partial charge is 0.493 e. The Balaban J connectivity index is 1.58. The Bertz CT molecular complexity index is 1030. The van der Waals surface area contributed by atoms with Crippen molar-refractivity contribution >= 4 is 33.3 Å². The molecule has 1 aliphatic carbocycles. The molecule has 1 aliphatic rings. The molecule has 0 saturated carbocycles. The summed E-state index contributed by atoms with van der Waals surface area (Å²) in [6, 6.07) is 6.80. The number of carbonyl (C=O) groups excluding carboxylic acids is 1. The van der Waals surface area contributed by atoms with Gasteiger partial charge in [0, 0.05) is 16.3 Å². The predicted molar refractivity (Wildman–Crippen MR) is 105 cm³/mol. The SMILES string of the molecule is CCCOc1ccc2cc(C(=O)Nc3nc4c(s3)CCCC4)c(=O)oc2c1. The maximum atomic E-state index is 12.6. The van der Waals surface area contributed by atoms with E-state index in [2.05, 4.69) is 10.3 Å². The van der Waals surface area contributed by atoms with Crippen LogP contribution in [-0.4, -0.2) is 17.5 Å². The van der Waals surface area contributed by atoms with E-state index in [-0.39, 0.29) is 5.56 Å². The van der Waals surface area contributed by atoms with Gasteiger partial charge in [0.25, 0.3) is 5.91 Å². The summed E-state index contributed by atoms with van der Waals surface area (Å²) in [5.74, 6) is 0.140. The molecule has 2 heterocycles. The topological polar surface area (TPSA) is 81.4 Å². The Hall–Kier alpha value is -2.67. The zero-order valence-corrected chi connectivity index (χ0v) is 15.9. The van der Waals surface area contributed by atoms with Gasteiger partial charge in [-0.3, -0.25) is 10.1 Å². The minimum absolute atomic E-state index is 0.0297. The van der Waals surface area contributed by atoms with Crippen LogP contribution >= 0.6 is 11.3 Å². The van der Waals surface area contributed by atoms with Crippen LogP contribution in [-0.2, 0) is 12.8 Å². The molecule has 0 bridgehead atoms. The fraction of sp³-hybridized carbons (Fsp3) is 0.350. The third-order valence-corrected chi connectivity index (χ3v) is 5.56. The predicted octanol–water partition coefficient (Wildman–Crippen LogP) is 4.17. The number of aromatic nitrogens is 1. The molecule has 27 heavy (non-hydrogen) atoms. The van der Waals surface area contributed by atoms with Gasteiger partial charge in [0.2, 0.25) is 0 Å². The number of anilines is 1. The van der Waals surface area contributed by atoms with Gasteiger partial charge in [-0.2, -0.15) is 0 Å². The van der Waals surface area contributed by atoms with Crippen molar-refractivity contribution < 1.29 is 13.9 Å². The standard InChI is InChI=1S/C20H20N2O4S/c1-2-9-25-13-8-7-12-10-14(19(24)26-16(12)11-13)18(23)22-20-21-15-5-3-4-6-17(15)27-20/h7-8,10-11H,2-6,9H2,1H3,(H,21,22,23). The van der Waals surface area contributed by atoms with Crippen LogP contribution in [0.2, 0.25) is 0 Å². The lowest BCUT2D eigenvalue weighted by molar-refractivity contribution is 0.102. The van der Waals surface area contributed by atoms with E-state index in [0.717, 1.165) is 37.8 Å². The maximum absolute atomic E-state index is 12.6. The number of aryl methyl sites for hydroxylation is 2. The second-order valence-corrected chi connectivity index (χ2v) is 7.63. The van der Waals surface area contributed by atoms with E-state index in [9.17, 15) is 9.59 Å². The average Bonchev–Trinajstić information content (AvgIpc) is 3.07. The monoisotopic (exact) mass is 384 g/mol. The van der Waals surface area contributed by atoms with Crippen molar-refractivity contribution in [3.8, 4) is 5.75 Å². The number of carbonyl (C=O) groups is 1. The van der Waals surface area contributed by atoms with Crippen LogP contribution in [0, 0.1) is 0 Å². The van der Waals surface area contributed by atoms with Crippen LogP contribution in [0.25, 0.3) is 11.0 Å². The molecule has 2 aromatic heterocycles. The van der Waals surface area contributed by atoms with Crippen molar-refractivity contribution in [1.82, 2.24) is 4.98 Å². The highest BCUT2D eigenvalue weighted by atomic mass is 32.1. The summed E-state index contributed by atoms with van der Waals surface area (Å²) in [5, 5.41) is 3.95. The Kier molecular flexibility index (Phi) is 4.94. The molecule has 0 fully saturated rings. The van der Waals surface area contributed by atoms with Crippen molar-refractivity contribution in [2.24, 2.45) is 0 Å². The fourth-order valence-electron chi connectivity index (χ4n) is 3.13. The molecular formula is C20H20N2O4S. The first-order valence-corrected chi connectivity index (χ1v) is 9.96. The Labute approximate surface area is 160 Å². The second kappa shape index (κ2) is 7.52. The molecule has 4 rings (SSSR count). The summed E-state index contributed by atoms with van der Waals surface area (Å²) in [5.41, 5.74) is 0.758. The van der Waals surface area contributed by atoms with Crippen LogP contribution in [0.15, 0.2) is 33.5 Å². The highest BCUT2D eigenvalue weighted by molar-refractivity contribution is 7.15. The summed E-state index contributed by atoms with van der Waals surface area (Å²) in [7, 11) is 0. The van der Waals surface area contributed by atoms with Gasteiger partial charge in [-0.25, -0.2) is 9.78 Å². The van der Waals surface area contributed by atoms with Gasteiger partial charge in [-0.05, 0) is 50.3 Å². The zero-order chi connectivity index (χ0) is 18.8. The Morgan fingerprint density at radius 3 is 2.96 bits per heavy atom. The van der Waals surface area contributed by atoms with Gasteiger partial charge in [-0.15, -0.1) is 11.3 Å². The number of nitrogens with one attached hydrogen (secondary N) is 1. The summed E-state index contributed by atoms with van der Waals surface area (Å²) in [6.07, 6.45) is 5.12. The smallest absolute Gasteiger partial charge is 0.349 e. The molecule has 0 radical (unpaired) electrons. The lowest BCUT2D eigenvalue weighted by Crippen LogP contribution is -2.20. The molecule has 0 unspecified atom stereocenters. The molecule has 0 atom stereocenters. The number of nitrogens with zero attached hydrogens (tertiary/aromatic N) is 1. The fourth-order valence-corrected chi connectivity index (χ4v) is 4.17. The van der Waals surface area contributed by atoms with Crippen molar-refractivity contribution in [2.75, 3.05) is 11.9 Å². The molecular weight excluding hydrogens is 364 g/mol. The van der Waals surface area contributed by atoms with E-state index >= 15 is 0 Å². The first-order chi connectivity index (χ1) is 13.1. The molecule has 6 nitrogen and oxygen atoms in total. The summed E-state index contributed by atoms with van der Waals surface area (Å²) < 4.78 is 10.9. The van der Waals surface area contributed by atoms with E-state index in [1.807, 2.05) is 6.92 Å². The molecule has 1 amide bonds. The Morgan fingerprint density at radius 2 is 2.15 bits per heavy atom. The molecule has 1 N–H and O–H groups in total. The van der Waals surface area contributed by atoms with Crippen LogP contribution in [0.1, 0.15) is 47.1 Å². The molecule has 1 aromatic carbocycles. The van der Waals surface area contributed by atoms with Gasteiger partial charge >= 0.3 is 5.63 Å². The van der Waals surface area contributed by atoms with E-state index < -0.39 is 11.5 Å². The third-order valence-electron chi connectivity index (χ3n) is 4.49. The van der Waals surface area contributed by atoms with E-state index in [0.29, 0.717) is 28.5 Å². The summed E-state index contributed by atoms with van der Waals surface area (Å²) in [6.45, 7) is 2.61. The quantitative estimate of drug-likeness (QED) is 0.668. The van der Waals surface area contributed by atoms with Crippen molar-refractivity contribution in [3.05, 3.63) is 50.8 Å². The molecule has 3 aromatic rings. The minimum atomic E-state index is -0.672. The van der Waals surface area contributed by atoms with Gasteiger partial charge in [0.15, 0.2) is 5.13 Å². The lowest BCUT2D eigenvalue weighted by atomic mass is 10.0. The number of hydrogen-bond donors (Lipinski definition) is 1. The van der Waals surface area contributed by atoms with E-state index in [1.165, 1.54) is 16.2 Å². The third kappa shape index (κ3) is 3.73. The number of ether oxygens (including phenoxy) is 1. The lowest BCUT2D eigenvalue weighted by Gasteiger charge is -2.06. The van der Waals surface area contributed by atoms with Gasteiger partial charge in [-0.1, -0.05) is 6.92 Å². The second-order valence-electron chi connectivity index (χ2n) is 6.55. The van der Waals surface area contributed by atoms with Crippen molar-refractivity contribution in [2.45, 2.75) is 39.0 Å². The minimum Gasteiger partial charge on any atom is -0.493 e. The molecule has 7 heteroatoms. The normalized spacial score (nSPS) is 13.4. The zero-order valence-electron chi connectivity index (χ0n) is 15.0. The first kappa shape index (κ1) is 17.7. The molecule has 0 aliphatic heterocycles. The van der Waals surface area contributed by atoms with Crippen molar-refractivity contribution in [1.29, 1.82) is 0 Å². The number of hydrogen-bond acceptors (Lipinski definition) is 6. The first-order valence-electron chi connectivity index (χ1n) is 9.14. The number of thiazole rings is 1. The van der Waals surface area contributed by atoms with Crippen LogP contribution in [0.5, 0.6) is 5.75 Å².